The minimum absolute atomic E-state index is 0.369. The van der Waals surface area contributed by atoms with E-state index in [1.165, 1.54) is 6.07 Å². The number of ether oxygens (including phenoxy) is 1. The van der Waals surface area contributed by atoms with E-state index in [2.05, 4.69) is 0 Å². The average Bonchev–Trinajstić information content (AvgIpc) is 2.15. The maximum absolute atomic E-state index is 10.7. The number of hydrogen-bond donors (Lipinski definition) is 0. The van der Waals surface area contributed by atoms with E-state index in [-0.39, 0.29) is 0 Å². The highest BCUT2D eigenvalue weighted by Gasteiger charge is 2.09. The van der Waals surface area contributed by atoms with Crippen LogP contribution in [0.3, 0.4) is 0 Å². The van der Waals surface area contributed by atoms with Gasteiger partial charge in [0, 0.05) is 5.02 Å². The quantitative estimate of drug-likeness (QED) is 0.742. The van der Waals surface area contributed by atoms with Gasteiger partial charge >= 0.3 is 0 Å². The van der Waals surface area contributed by atoms with Crippen molar-refractivity contribution in [1.82, 2.24) is 0 Å². The summed E-state index contributed by atoms with van der Waals surface area (Å²) in [4.78, 5) is 10.7. The van der Waals surface area contributed by atoms with Crippen molar-refractivity contribution < 1.29 is 9.53 Å². The Balaban J connectivity index is 3.05. The van der Waals surface area contributed by atoms with Crippen molar-refractivity contribution in [2.45, 2.75) is 13.3 Å². The van der Waals surface area contributed by atoms with Crippen LogP contribution < -0.4 is 4.74 Å². The van der Waals surface area contributed by atoms with E-state index in [4.69, 9.17) is 27.9 Å². The van der Waals surface area contributed by atoms with Crippen LogP contribution in [0.1, 0.15) is 23.7 Å². The highest BCUT2D eigenvalue weighted by Crippen LogP contribution is 2.31. The maximum atomic E-state index is 10.7. The zero-order valence-corrected chi connectivity index (χ0v) is 9.23. The number of aldehydes is 1. The monoisotopic (exact) mass is 232 g/mol. The number of rotatable bonds is 4. The van der Waals surface area contributed by atoms with Gasteiger partial charge in [-0.25, -0.2) is 0 Å². The molecule has 0 heterocycles. The summed E-state index contributed by atoms with van der Waals surface area (Å²) in [6.07, 6.45) is 1.54. The van der Waals surface area contributed by atoms with Crippen molar-refractivity contribution in [3.63, 3.8) is 0 Å². The first kappa shape index (κ1) is 11.3. The summed E-state index contributed by atoms with van der Waals surface area (Å²) in [5, 5.41) is 0.800. The Bertz CT molecular complexity index is 337. The predicted molar refractivity (Wildman–Crippen MR) is 57.6 cm³/mol. The normalized spacial score (nSPS) is 9.93. The highest BCUT2D eigenvalue weighted by molar-refractivity contribution is 6.36. The summed E-state index contributed by atoms with van der Waals surface area (Å²) < 4.78 is 5.34. The molecule has 0 bridgehead atoms. The van der Waals surface area contributed by atoms with E-state index < -0.39 is 0 Å². The van der Waals surface area contributed by atoms with Crippen LogP contribution in [0.2, 0.25) is 10.0 Å². The molecule has 0 aliphatic carbocycles. The minimum Gasteiger partial charge on any atom is -0.491 e. The Kier molecular flexibility index (Phi) is 4.23. The molecule has 4 heteroatoms. The van der Waals surface area contributed by atoms with E-state index in [1.54, 1.807) is 6.07 Å². The number of hydrogen-bond acceptors (Lipinski definition) is 2. The van der Waals surface area contributed by atoms with Gasteiger partial charge in [-0.3, -0.25) is 4.79 Å². The molecule has 0 fully saturated rings. The molecule has 0 unspecified atom stereocenters. The summed E-state index contributed by atoms with van der Waals surface area (Å²) in [5.74, 6) is 0.410. The summed E-state index contributed by atoms with van der Waals surface area (Å²) in [5.41, 5.74) is 0.385. The number of halogens is 2. The molecule has 0 aromatic heterocycles. The Labute approximate surface area is 92.8 Å². The molecule has 0 aliphatic heterocycles. The molecule has 0 atom stereocenters. The average molecular weight is 233 g/mol. The smallest absolute Gasteiger partial charge is 0.153 e. The zero-order valence-electron chi connectivity index (χ0n) is 7.72. The molecule has 0 spiro atoms. The largest absolute Gasteiger partial charge is 0.491 e. The lowest BCUT2D eigenvalue weighted by Crippen LogP contribution is -1.99. The van der Waals surface area contributed by atoms with Crippen LogP contribution in [0.4, 0.5) is 0 Å². The Morgan fingerprint density at radius 1 is 1.43 bits per heavy atom. The fourth-order valence-electron chi connectivity index (χ4n) is 1.02. The van der Waals surface area contributed by atoms with E-state index in [1.807, 2.05) is 6.92 Å². The Hall–Kier alpha value is -0.730. The van der Waals surface area contributed by atoms with E-state index in [0.717, 1.165) is 6.42 Å². The lowest BCUT2D eigenvalue weighted by atomic mass is 10.2. The van der Waals surface area contributed by atoms with E-state index >= 15 is 0 Å². The van der Waals surface area contributed by atoms with Crippen molar-refractivity contribution in [3.05, 3.63) is 27.7 Å². The molecule has 0 radical (unpaired) electrons. The van der Waals surface area contributed by atoms with Gasteiger partial charge in [0.25, 0.3) is 0 Å². The summed E-state index contributed by atoms with van der Waals surface area (Å²) in [6.45, 7) is 2.51. The molecule has 0 saturated carbocycles. The van der Waals surface area contributed by atoms with Crippen LogP contribution in [0.5, 0.6) is 5.75 Å². The van der Waals surface area contributed by atoms with Crippen molar-refractivity contribution in [2.24, 2.45) is 0 Å². The van der Waals surface area contributed by atoms with Crippen molar-refractivity contribution in [1.29, 1.82) is 0 Å². The standard InChI is InChI=1S/C10H10Cl2O2/c1-2-3-14-10-7(6-13)4-8(11)5-9(10)12/h4-6H,2-3H2,1H3. The Morgan fingerprint density at radius 3 is 2.71 bits per heavy atom. The number of carbonyl (C=O) groups excluding carboxylic acids is 1. The van der Waals surface area contributed by atoms with Crippen molar-refractivity contribution in [3.8, 4) is 5.75 Å². The topological polar surface area (TPSA) is 26.3 Å². The molecular formula is C10H10Cl2O2. The van der Waals surface area contributed by atoms with E-state index in [9.17, 15) is 4.79 Å². The molecule has 2 nitrogen and oxygen atoms in total. The lowest BCUT2D eigenvalue weighted by molar-refractivity contribution is 0.111. The van der Waals surface area contributed by atoms with Gasteiger partial charge < -0.3 is 4.74 Å². The molecule has 0 saturated heterocycles. The van der Waals surface area contributed by atoms with Crippen molar-refractivity contribution >= 4 is 29.5 Å². The maximum Gasteiger partial charge on any atom is 0.153 e. The predicted octanol–water partition coefficient (Wildman–Crippen LogP) is 3.59. The van der Waals surface area contributed by atoms with Gasteiger partial charge in [-0.15, -0.1) is 0 Å². The van der Waals surface area contributed by atoms with Crippen molar-refractivity contribution in [2.75, 3.05) is 6.61 Å². The number of benzene rings is 1. The fraction of sp³-hybridized carbons (Fsp3) is 0.300. The molecule has 0 N–H and O–H groups in total. The molecule has 1 aromatic carbocycles. The van der Waals surface area contributed by atoms with Crippen LogP contribution in [-0.2, 0) is 0 Å². The van der Waals surface area contributed by atoms with Crippen LogP contribution in [0.15, 0.2) is 12.1 Å². The Morgan fingerprint density at radius 2 is 2.14 bits per heavy atom. The summed E-state index contributed by atoms with van der Waals surface area (Å²) in [7, 11) is 0. The third-order valence-electron chi connectivity index (χ3n) is 1.61. The molecule has 0 amide bonds. The molecule has 1 rings (SSSR count). The van der Waals surface area contributed by atoms with Gasteiger partial charge in [-0.1, -0.05) is 30.1 Å². The highest BCUT2D eigenvalue weighted by atomic mass is 35.5. The lowest BCUT2D eigenvalue weighted by Gasteiger charge is -2.09. The second-order valence-corrected chi connectivity index (χ2v) is 3.62. The molecule has 1 aromatic rings. The molecule has 0 aliphatic rings. The molecule has 14 heavy (non-hydrogen) atoms. The first-order chi connectivity index (χ1) is 6.69. The van der Waals surface area contributed by atoms with Gasteiger partial charge in [-0.2, -0.15) is 0 Å². The van der Waals surface area contributed by atoms with Gasteiger partial charge in [-0.05, 0) is 18.6 Å². The van der Waals surface area contributed by atoms with Crippen LogP contribution in [-0.4, -0.2) is 12.9 Å². The van der Waals surface area contributed by atoms with Crippen LogP contribution in [0.25, 0.3) is 0 Å². The number of carbonyl (C=O) groups is 1. The first-order valence-electron chi connectivity index (χ1n) is 4.26. The summed E-state index contributed by atoms with van der Waals surface area (Å²) >= 11 is 11.6. The SMILES string of the molecule is CCCOc1c(Cl)cc(Cl)cc1C=O. The second kappa shape index (κ2) is 5.23. The fourth-order valence-corrected chi connectivity index (χ4v) is 1.59. The zero-order chi connectivity index (χ0) is 10.6. The van der Waals surface area contributed by atoms with Gasteiger partial charge in [0.05, 0.1) is 17.2 Å². The third-order valence-corrected chi connectivity index (χ3v) is 2.11. The molecule has 76 valence electrons. The summed E-state index contributed by atoms with van der Waals surface area (Å²) in [6, 6.07) is 3.09. The van der Waals surface area contributed by atoms with Crippen LogP contribution >= 0.6 is 23.2 Å². The molecular weight excluding hydrogens is 223 g/mol. The third kappa shape index (κ3) is 2.63. The first-order valence-corrected chi connectivity index (χ1v) is 5.01. The van der Waals surface area contributed by atoms with Gasteiger partial charge in [0.15, 0.2) is 6.29 Å². The van der Waals surface area contributed by atoms with Gasteiger partial charge in [0.2, 0.25) is 0 Å². The van der Waals surface area contributed by atoms with E-state index in [0.29, 0.717) is 34.3 Å². The second-order valence-electron chi connectivity index (χ2n) is 2.77. The minimum atomic E-state index is 0.369. The van der Waals surface area contributed by atoms with Crippen LogP contribution in [0, 0.1) is 0 Å². The van der Waals surface area contributed by atoms with Gasteiger partial charge in [0.1, 0.15) is 5.75 Å².